The van der Waals surface area contributed by atoms with Crippen molar-refractivity contribution in [2.75, 3.05) is 11.5 Å². The lowest BCUT2D eigenvalue weighted by atomic mass is 9.77. The second-order valence-electron chi connectivity index (χ2n) is 13.5. The summed E-state index contributed by atoms with van der Waals surface area (Å²) in [5.74, 6) is 0. The van der Waals surface area contributed by atoms with Crippen molar-refractivity contribution in [3.63, 3.8) is 0 Å². The lowest BCUT2D eigenvalue weighted by Gasteiger charge is -2.21. The van der Waals surface area contributed by atoms with E-state index in [1.807, 2.05) is 48.5 Å². The van der Waals surface area contributed by atoms with E-state index in [9.17, 15) is 0 Å². The maximum Gasteiger partial charge on any atom is 0.489 e. The highest BCUT2D eigenvalue weighted by atomic mass is 79.9. The summed E-state index contributed by atoms with van der Waals surface area (Å²) in [5, 5.41) is 22.6. The molecule has 236 valence electrons. The second-order valence-corrected chi connectivity index (χ2v) is 14.4. The standard InChI is InChI=1S/C20H21N.C10H9BO2.C10H14BrN/c1-20(2,3)15-11-12-19(21)18(13-15)17-10-6-8-14-7-4-5-9-16(14)17;12-11(13)10-7-3-5-8-4-1-2-6-9(8)10;1-10(2,3)7-4-5-9(12)8(11)6-7/h4-13H,21H2,1-3H3;1-7,12-13H;4-6H,12H2,1-3H3. The average molecular weight is 676 g/mol. The van der Waals surface area contributed by atoms with Crippen LogP contribution < -0.4 is 16.9 Å². The van der Waals surface area contributed by atoms with E-state index in [4.69, 9.17) is 21.5 Å². The van der Waals surface area contributed by atoms with Crippen LogP contribution in [-0.2, 0) is 10.8 Å². The van der Waals surface area contributed by atoms with Crippen molar-refractivity contribution in [2.24, 2.45) is 0 Å². The fraction of sp³-hybridized carbons (Fsp3) is 0.200. The number of benzene rings is 6. The van der Waals surface area contributed by atoms with Crippen molar-refractivity contribution >= 4 is 61.4 Å². The first-order valence-electron chi connectivity index (χ1n) is 15.4. The largest absolute Gasteiger partial charge is 0.489 e. The number of nitrogen functional groups attached to an aromatic ring is 2. The predicted octanol–water partition coefficient (Wildman–Crippen LogP) is 9.23. The van der Waals surface area contributed by atoms with Crippen molar-refractivity contribution in [3.8, 4) is 11.1 Å². The topological polar surface area (TPSA) is 92.5 Å². The molecule has 4 nitrogen and oxygen atoms in total. The van der Waals surface area contributed by atoms with Crippen LogP contribution in [0.5, 0.6) is 0 Å². The Balaban J connectivity index is 0.000000166. The van der Waals surface area contributed by atoms with Gasteiger partial charge < -0.3 is 21.5 Å². The molecule has 0 spiro atoms. The summed E-state index contributed by atoms with van der Waals surface area (Å²) in [5.41, 5.74) is 19.4. The Hall–Kier alpha value is -4.10. The molecular formula is C40H44BBrN2O2. The molecule has 0 heterocycles. The van der Waals surface area contributed by atoms with Crippen LogP contribution in [0.25, 0.3) is 32.7 Å². The number of rotatable bonds is 2. The molecule has 0 amide bonds. The third kappa shape index (κ3) is 8.58. The molecule has 0 atom stereocenters. The molecule has 6 heteroatoms. The van der Waals surface area contributed by atoms with Crippen LogP contribution in [0.15, 0.2) is 126 Å². The zero-order valence-corrected chi connectivity index (χ0v) is 29.1. The lowest BCUT2D eigenvalue weighted by Crippen LogP contribution is -2.30. The van der Waals surface area contributed by atoms with Gasteiger partial charge in [-0.25, -0.2) is 0 Å². The third-order valence-electron chi connectivity index (χ3n) is 7.97. The monoisotopic (exact) mass is 674 g/mol. The summed E-state index contributed by atoms with van der Waals surface area (Å²) in [6.45, 7) is 13.2. The highest BCUT2D eigenvalue weighted by Crippen LogP contribution is 2.35. The average Bonchev–Trinajstić information content (AvgIpc) is 3.01. The number of hydrogen-bond donors (Lipinski definition) is 4. The first kappa shape index (κ1) is 34.8. The van der Waals surface area contributed by atoms with Gasteiger partial charge in [0.25, 0.3) is 0 Å². The van der Waals surface area contributed by atoms with E-state index in [0.717, 1.165) is 32.2 Å². The van der Waals surface area contributed by atoms with Crippen molar-refractivity contribution in [1.82, 2.24) is 0 Å². The summed E-state index contributed by atoms with van der Waals surface area (Å²) >= 11 is 3.41. The molecule has 0 unspecified atom stereocenters. The van der Waals surface area contributed by atoms with E-state index in [1.54, 1.807) is 6.07 Å². The second kappa shape index (κ2) is 14.6. The van der Waals surface area contributed by atoms with E-state index in [2.05, 4.69) is 124 Å². The molecule has 0 aliphatic carbocycles. The molecular weight excluding hydrogens is 631 g/mol. The molecule has 0 fully saturated rings. The quantitative estimate of drug-likeness (QED) is 0.109. The van der Waals surface area contributed by atoms with Crippen LogP contribution in [0.3, 0.4) is 0 Å². The number of fused-ring (bicyclic) bond motifs is 2. The third-order valence-corrected chi connectivity index (χ3v) is 8.65. The first-order chi connectivity index (χ1) is 21.7. The van der Waals surface area contributed by atoms with Crippen molar-refractivity contribution in [3.05, 3.63) is 137 Å². The number of nitrogens with two attached hydrogens (primary N) is 2. The van der Waals surface area contributed by atoms with Gasteiger partial charge in [0, 0.05) is 21.4 Å². The highest BCUT2D eigenvalue weighted by molar-refractivity contribution is 9.10. The zero-order chi connectivity index (χ0) is 33.6. The Labute approximate surface area is 282 Å². The Morgan fingerprint density at radius 1 is 0.522 bits per heavy atom. The minimum absolute atomic E-state index is 0.118. The molecule has 0 aromatic heterocycles. The van der Waals surface area contributed by atoms with Crippen LogP contribution in [0, 0.1) is 0 Å². The lowest BCUT2D eigenvalue weighted by molar-refractivity contribution is 0.426. The normalized spacial score (nSPS) is 11.3. The van der Waals surface area contributed by atoms with Gasteiger partial charge in [-0.15, -0.1) is 0 Å². The number of hydrogen-bond acceptors (Lipinski definition) is 4. The zero-order valence-electron chi connectivity index (χ0n) is 27.6. The van der Waals surface area contributed by atoms with Crippen molar-refractivity contribution in [2.45, 2.75) is 52.4 Å². The maximum absolute atomic E-state index is 9.08. The van der Waals surface area contributed by atoms with E-state index in [1.165, 1.54) is 27.5 Å². The minimum atomic E-state index is -1.40. The fourth-order valence-electron chi connectivity index (χ4n) is 5.19. The summed E-state index contributed by atoms with van der Waals surface area (Å²) in [4.78, 5) is 0. The van der Waals surface area contributed by atoms with Gasteiger partial charge in [0.15, 0.2) is 0 Å². The Bertz CT molecular complexity index is 1930. The Kier molecular flexibility index (Phi) is 11.0. The van der Waals surface area contributed by atoms with Crippen LogP contribution in [0.2, 0.25) is 0 Å². The van der Waals surface area contributed by atoms with Crippen LogP contribution in [0.1, 0.15) is 52.7 Å². The molecule has 0 aliphatic heterocycles. The predicted molar refractivity (Wildman–Crippen MR) is 204 cm³/mol. The van der Waals surface area contributed by atoms with Crippen LogP contribution in [0.4, 0.5) is 11.4 Å². The Morgan fingerprint density at radius 3 is 1.57 bits per heavy atom. The van der Waals surface area contributed by atoms with Gasteiger partial charge in [0.1, 0.15) is 0 Å². The van der Waals surface area contributed by atoms with Crippen molar-refractivity contribution < 1.29 is 10.0 Å². The van der Waals surface area contributed by atoms with Gasteiger partial charge in [-0.1, -0.05) is 139 Å². The molecule has 6 aromatic rings. The van der Waals surface area contributed by atoms with E-state index in [0.29, 0.717) is 5.46 Å². The van der Waals surface area contributed by atoms with Gasteiger partial charge in [-0.2, -0.15) is 0 Å². The highest BCUT2D eigenvalue weighted by Gasteiger charge is 2.17. The SMILES string of the molecule is CC(C)(C)c1ccc(N)c(-c2cccc3ccccc23)c1.CC(C)(C)c1ccc(N)c(Br)c1.OB(O)c1cccc2ccccc12. The molecule has 0 aliphatic rings. The van der Waals surface area contributed by atoms with Crippen LogP contribution >= 0.6 is 15.9 Å². The van der Waals surface area contributed by atoms with Gasteiger partial charge in [0.05, 0.1) is 0 Å². The number of anilines is 2. The molecule has 6 aromatic carbocycles. The van der Waals surface area contributed by atoms with Crippen LogP contribution in [-0.4, -0.2) is 17.2 Å². The van der Waals surface area contributed by atoms with Gasteiger partial charge in [0.2, 0.25) is 0 Å². The molecule has 46 heavy (non-hydrogen) atoms. The molecule has 0 radical (unpaired) electrons. The van der Waals surface area contributed by atoms with E-state index >= 15 is 0 Å². The summed E-state index contributed by atoms with van der Waals surface area (Å²) in [7, 11) is -1.40. The van der Waals surface area contributed by atoms with Gasteiger partial charge in [-0.3, -0.25) is 0 Å². The summed E-state index contributed by atoms with van der Waals surface area (Å²) < 4.78 is 0.981. The minimum Gasteiger partial charge on any atom is -0.423 e. The number of halogens is 1. The van der Waals surface area contributed by atoms with E-state index < -0.39 is 7.12 Å². The van der Waals surface area contributed by atoms with E-state index in [-0.39, 0.29) is 10.8 Å². The molecule has 0 saturated heterocycles. The van der Waals surface area contributed by atoms with Gasteiger partial charge in [-0.05, 0) is 94.7 Å². The smallest absolute Gasteiger partial charge is 0.423 e. The fourth-order valence-corrected chi connectivity index (χ4v) is 5.56. The van der Waals surface area contributed by atoms with Crippen molar-refractivity contribution in [1.29, 1.82) is 0 Å². The van der Waals surface area contributed by atoms with Gasteiger partial charge >= 0.3 is 7.12 Å². The molecule has 0 saturated carbocycles. The first-order valence-corrected chi connectivity index (χ1v) is 16.2. The summed E-state index contributed by atoms with van der Waals surface area (Å²) in [6, 6.07) is 40.4. The molecule has 6 rings (SSSR count). The maximum atomic E-state index is 9.08. The Morgan fingerprint density at radius 2 is 1.00 bits per heavy atom. The summed E-state index contributed by atoms with van der Waals surface area (Å²) in [6.07, 6.45) is 0. The molecule has 0 bridgehead atoms. The molecule has 6 N–H and O–H groups in total.